The first-order chi connectivity index (χ1) is 14.5. The Morgan fingerprint density at radius 2 is 2.07 bits per heavy atom. The smallest absolute Gasteiger partial charge is 0.319 e. The summed E-state index contributed by atoms with van der Waals surface area (Å²) in [5.41, 5.74) is 3.46. The van der Waals surface area contributed by atoms with Crippen molar-refractivity contribution in [3.8, 4) is 11.1 Å². The maximum Gasteiger partial charge on any atom is 0.319 e. The van der Waals surface area contributed by atoms with E-state index in [4.69, 9.17) is 0 Å². The number of benzene rings is 1. The average Bonchev–Trinajstić information content (AvgIpc) is 2.70. The number of hydrogen-bond acceptors (Lipinski definition) is 4. The van der Waals surface area contributed by atoms with Crippen LogP contribution in [0.25, 0.3) is 22.0 Å². The number of aryl methyl sites for hydroxylation is 1. The number of urea groups is 1. The van der Waals surface area contributed by atoms with Crippen molar-refractivity contribution in [2.45, 2.75) is 32.6 Å². The van der Waals surface area contributed by atoms with E-state index >= 15 is 0 Å². The summed E-state index contributed by atoms with van der Waals surface area (Å²) in [6, 6.07) is 8.19. The summed E-state index contributed by atoms with van der Waals surface area (Å²) < 4.78 is 14.3. The van der Waals surface area contributed by atoms with Crippen molar-refractivity contribution in [3.05, 3.63) is 48.0 Å². The molecule has 6 nitrogen and oxygen atoms in total. The van der Waals surface area contributed by atoms with Crippen LogP contribution in [0.3, 0.4) is 0 Å². The Morgan fingerprint density at radius 3 is 2.80 bits per heavy atom. The van der Waals surface area contributed by atoms with E-state index in [0.29, 0.717) is 12.5 Å². The van der Waals surface area contributed by atoms with Crippen LogP contribution >= 0.6 is 0 Å². The number of carbonyl (C=O) groups is 1. The van der Waals surface area contributed by atoms with E-state index < -0.39 is 5.82 Å². The fraction of sp³-hybridized carbons (Fsp3) is 0.348. The predicted octanol–water partition coefficient (Wildman–Crippen LogP) is 5.10. The maximum absolute atomic E-state index is 14.3. The molecule has 2 aromatic heterocycles. The lowest BCUT2D eigenvalue weighted by molar-refractivity contribution is 0.247. The molecule has 0 unspecified atom stereocenters. The molecule has 1 fully saturated rings. The predicted molar refractivity (Wildman–Crippen MR) is 118 cm³/mol. The third-order valence-electron chi connectivity index (χ3n) is 5.73. The fourth-order valence-corrected chi connectivity index (χ4v) is 3.72. The van der Waals surface area contributed by atoms with Crippen molar-refractivity contribution in [2.24, 2.45) is 5.92 Å². The summed E-state index contributed by atoms with van der Waals surface area (Å²) in [6.45, 7) is 2.52. The van der Waals surface area contributed by atoms with Crippen LogP contribution in [0, 0.1) is 18.7 Å². The number of amides is 2. The van der Waals surface area contributed by atoms with Crippen molar-refractivity contribution >= 4 is 28.4 Å². The first kappa shape index (κ1) is 20.1. The quantitative estimate of drug-likeness (QED) is 0.531. The highest BCUT2D eigenvalue weighted by Crippen LogP contribution is 2.30. The minimum Gasteiger partial charge on any atom is -0.373 e. The van der Waals surface area contributed by atoms with E-state index in [9.17, 15) is 9.18 Å². The summed E-state index contributed by atoms with van der Waals surface area (Å²) in [4.78, 5) is 21.2. The van der Waals surface area contributed by atoms with Crippen LogP contribution in [0.2, 0.25) is 0 Å². The molecule has 0 spiro atoms. The highest BCUT2D eigenvalue weighted by molar-refractivity contribution is 5.91. The van der Waals surface area contributed by atoms with E-state index in [0.717, 1.165) is 40.0 Å². The number of pyridine rings is 2. The third kappa shape index (κ3) is 4.35. The Kier molecular flexibility index (Phi) is 5.79. The van der Waals surface area contributed by atoms with Crippen molar-refractivity contribution in [1.82, 2.24) is 15.3 Å². The molecule has 4 rings (SSSR count). The molecule has 0 atom stereocenters. The zero-order valence-electron chi connectivity index (χ0n) is 17.3. The molecule has 3 N–H and O–H groups in total. The number of rotatable bonds is 6. The molecule has 1 aromatic carbocycles. The lowest BCUT2D eigenvalue weighted by atomic mass is 9.83. The van der Waals surface area contributed by atoms with Gasteiger partial charge >= 0.3 is 6.03 Å². The van der Waals surface area contributed by atoms with Crippen molar-refractivity contribution in [2.75, 3.05) is 24.2 Å². The Morgan fingerprint density at radius 1 is 1.23 bits per heavy atom. The van der Waals surface area contributed by atoms with Crippen molar-refractivity contribution in [3.63, 3.8) is 0 Å². The lowest BCUT2D eigenvalue weighted by Crippen LogP contribution is -2.31. The summed E-state index contributed by atoms with van der Waals surface area (Å²) in [5.74, 6) is 0.991. The highest BCUT2D eigenvalue weighted by atomic mass is 19.1. The Hall–Kier alpha value is -3.22. The highest BCUT2D eigenvalue weighted by Gasteiger charge is 2.17. The first-order valence-corrected chi connectivity index (χ1v) is 10.3. The van der Waals surface area contributed by atoms with Crippen molar-refractivity contribution < 1.29 is 9.18 Å². The Labute approximate surface area is 175 Å². The minimum atomic E-state index is -0.473. The Bertz CT molecular complexity index is 1080. The summed E-state index contributed by atoms with van der Waals surface area (Å²) in [7, 11) is 1.81. The second-order valence-corrected chi connectivity index (χ2v) is 7.79. The molecule has 2 heterocycles. The topological polar surface area (TPSA) is 78.9 Å². The van der Waals surface area contributed by atoms with Gasteiger partial charge in [0.15, 0.2) is 0 Å². The average molecular weight is 407 g/mol. The zero-order valence-corrected chi connectivity index (χ0v) is 17.3. The zero-order chi connectivity index (χ0) is 21.1. The van der Waals surface area contributed by atoms with E-state index in [-0.39, 0.29) is 11.7 Å². The number of anilines is 2. The number of aromatic nitrogens is 2. The Balaban J connectivity index is 1.53. The first-order valence-electron chi connectivity index (χ1n) is 10.3. The van der Waals surface area contributed by atoms with Crippen LogP contribution in [0.1, 0.15) is 31.4 Å². The van der Waals surface area contributed by atoms with Gasteiger partial charge in [0.05, 0.1) is 11.2 Å². The van der Waals surface area contributed by atoms with Gasteiger partial charge in [-0.2, -0.15) is 0 Å². The van der Waals surface area contributed by atoms with E-state index in [1.54, 1.807) is 18.3 Å². The van der Waals surface area contributed by atoms with Gasteiger partial charge in [-0.15, -0.1) is 0 Å². The molecular formula is C23H26FN5O. The molecule has 3 aromatic rings. The number of carbonyl (C=O) groups excluding carboxylic acids is 1. The van der Waals surface area contributed by atoms with Crippen LogP contribution in [-0.4, -0.2) is 29.6 Å². The molecule has 0 radical (unpaired) electrons. The fourth-order valence-electron chi connectivity index (χ4n) is 3.72. The van der Waals surface area contributed by atoms with Gasteiger partial charge in [-0.3, -0.25) is 4.98 Å². The molecular weight excluding hydrogens is 381 g/mol. The SMILES string of the molecule is CNc1cc2nc(C)c(-c3ccc(F)c(NC(=O)NCCC4CCC4)c3)cc2cn1. The number of fused-ring (bicyclic) bond motifs is 1. The van der Waals surface area contributed by atoms with E-state index in [1.165, 1.54) is 25.3 Å². The van der Waals surface area contributed by atoms with E-state index in [1.807, 2.05) is 26.1 Å². The number of halogens is 1. The van der Waals surface area contributed by atoms with Crippen LogP contribution in [0.5, 0.6) is 0 Å². The second-order valence-electron chi connectivity index (χ2n) is 7.79. The van der Waals surface area contributed by atoms with Gasteiger partial charge in [-0.25, -0.2) is 14.2 Å². The van der Waals surface area contributed by atoms with Gasteiger partial charge in [-0.05, 0) is 43.0 Å². The number of nitrogens with zero attached hydrogens (tertiary/aromatic N) is 2. The molecule has 156 valence electrons. The monoisotopic (exact) mass is 407 g/mol. The molecule has 7 heteroatoms. The molecule has 0 saturated heterocycles. The number of nitrogens with one attached hydrogen (secondary N) is 3. The molecule has 1 saturated carbocycles. The van der Waals surface area contributed by atoms with Crippen molar-refractivity contribution in [1.29, 1.82) is 0 Å². The number of hydrogen-bond donors (Lipinski definition) is 3. The largest absolute Gasteiger partial charge is 0.373 e. The van der Waals surface area contributed by atoms with Crippen LogP contribution in [-0.2, 0) is 0 Å². The summed E-state index contributed by atoms with van der Waals surface area (Å²) in [6.07, 6.45) is 6.50. The normalized spacial score (nSPS) is 13.7. The summed E-state index contributed by atoms with van der Waals surface area (Å²) in [5, 5.41) is 9.35. The molecule has 1 aliphatic carbocycles. The minimum absolute atomic E-state index is 0.150. The molecule has 1 aliphatic rings. The van der Waals surface area contributed by atoms with Crippen LogP contribution in [0.15, 0.2) is 36.5 Å². The van der Waals surface area contributed by atoms with Gasteiger partial charge in [0.1, 0.15) is 11.6 Å². The van der Waals surface area contributed by atoms with Gasteiger partial charge in [-0.1, -0.05) is 25.3 Å². The third-order valence-corrected chi connectivity index (χ3v) is 5.73. The maximum atomic E-state index is 14.3. The molecule has 0 bridgehead atoms. The van der Waals surface area contributed by atoms with Gasteiger partial charge in [0, 0.05) is 42.5 Å². The van der Waals surface area contributed by atoms with Gasteiger partial charge in [0.2, 0.25) is 0 Å². The van der Waals surface area contributed by atoms with Gasteiger partial charge < -0.3 is 16.0 Å². The summed E-state index contributed by atoms with van der Waals surface area (Å²) >= 11 is 0. The second kappa shape index (κ2) is 8.65. The lowest BCUT2D eigenvalue weighted by Gasteiger charge is -2.25. The van der Waals surface area contributed by atoms with Crippen LogP contribution < -0.4 is 16.0 Å². The van der Waals surface area contributed by atoms with Crippen LogP contribution in [0.4, 0.5) is 20.7 Å². The van der Waals surface area contributed by atoms with Gasteiger partial charge in [0.25, 0.3) is 0 Å². The van der Waals surface area contributed by atoms with E-state index in [2.05, 4.69) is 25.9 Å². The molecule has 30 heavy (non-hydrogen) atoms. The molecule has 2 amide bonds. The molecule has 0 aliphatic heterocycles. The standard InChI is InChI=1S/C23H26FN5O/c1-14-18(10-17-13-27-22(25-2)12-20(17)28-14)16-6-7-19(24)21(11-16)29-23(30)26-9-8-15-4-3-5-15/h6-7,10-13,15H,3-5,8-9H2,1-2H3,(H,25,27)(H2,26,29,30).